The summed E-state index contributed by atoms with van der Waals surface area (Å²) in [5.74, 6) is 0.725. The molecule has 0 radical (unpaired) electrons. The highest BCUT2D eigenvalue weighted by molar-refractivity contribution is 5.74. The molecular formula is C18H29N5O2. The molecule has 0 bridgehead atoms. The molecule has 0 spiro atoms. The standard InChI is InChI=1S/C18H29N5O2/c24-18(22-7-1-2-8-22)19-11-17-14-21(12-15-4-9-25-10-5-15)13-16-3-6-20-23(16)17/h3,6,15,17H,1-2,4-5,7-14H2,(H,19,24)/t17-/m0/s1. The zero-order valence-corrected chi connectivity index (χ0v) is 14.9. The van der Waals surface area contributed by atoms with Crippen LogP contribution in [0.4, 0.5) is 4.79 Å². The van der Waals surface area contributed by atoms with Crippen LogP contribution in [0.5, 0.6) is 0 Å². The maximum absolute atomic E-state index is 12.3. The van der Waals surface area contributed by atoms with Gasteiger partial charge in [0.15, 0.2) is 0 Å². The van der Waals surface area contributed by atoms with Crippen molar-refractivity contribution in [2.24, 2.45) is 5.92 Å². The maximum atomic E-state index is 12.3. The van der Waals surface area contributed by atoms with Gasteiger partial charge in [-0.05, 0) is 37.7 Å². The van der Waals surface area contributed by atoms with E-state index in [-0.39, 0.29) is 12.1 Å². The second-order valence-corrected chi connectivity index (χ2v) is 7.55. The number of fused-ring (bicyclic) bond motifs is 1. The number of amides is 2. The van der Waals surface area contributed by atoms with Crippen molar-refractivity contribution in [3.63, 3.8) is 0 Å². The monoisotopic (exact) mass is 347 g/mol. The van der Waals surface area contributed by atoms with Crippen LogP contribution in [0.1, 0.15) is 37.4 Å². The third-order valence-electron chi connectivity index (χ3n) is 5.69. The fourth-order valence-electron chi connectivity index (χ4n) is 4.29. The number of rotatable bonds is 4. The molecule has 1 aromatic rings. The SMILES string of the molecule is O=C(NC[C@H]1CN(CC2CCOCC2)Cc2ccnn21)N1CCCC1. The first-order valence-electron chi connectivity index (χ1n) is 9.65. The highest BCUT2D eigenvalue weighted by Gasteiger charge is 2.28. The van der Waals surface area contributed by atoms with E-state index in [1.807, 2.05) is 11.1 Å². The summed E-state index contributed by atoms with van der Waals surface area (Å²) >= 11 is 0. The number of hydrogen-bond acceptors (Lipinski definition) is 4. The van der Waals surface area contributed by atoms with Gasteiger partial charge in [0.05, 0.1) is 11.7 Å². The Hall–Kier alpha value is -1.60. The number of nitrogens with one attached hydrogen (secondary N) is 1. The van der Waals surface area contributed by atoms with Crippen molar-refractivity contribution in [2.75, 3.05) is 45.9 Å². The smallest absolute Gasteiger partial charge is 0.317 e. The second kappa shape index (κ2) is 7.74. The van der Waals surface area contributed by atoms with E-state index in [9.17, 15) is 4.79 Å². The van der Waals surface area contributed by atoms with Gasteiger partial charge in [-0.2, -0.15) is 5.10 Å². The maximum Gasteiger partial charge on any atom is 0.317 e. The zero-order valence-electron chi connectivity index (χ0n) is 14.9. The van der Waals surface area contributed by atoms with E-state index in [1.165, 1.54) is 5.69 Å². The van der Waals surface area contributed by atoms with Crippen molar-refractivity contribution in [3.8, 4) is 0 Å². The van der Waals surface area contributed by atoms with Gasteiger partial charge in [0.2, 0.25) is 0 Å². The first-order chi connectivity index (χ1) is 12.3. The van der Waals surface area contributed by atoms with Crippen molar-refractivity contribution in [1.82, 2.24) is 24.9 Å². The van der Waals surface area contributed by atoms with E-state index in [4.69, 9.17) is 4.74 Å². The molecule has 0 aromatic carbocycles. The first kappa shape index (κ1) is 16.8. The molecule has 1 N–H and O–H groups in total. The number of hydrogen-bond donors (Lipinski definition) is 1. The van der Waals surface area contributed by atoms with Gasteiger partial charge in [0.1, 0.15) is 0 Å². The molecular weight excluding hydrogens is 318 g/mol. The van der Waals surface area contributed by atoms with Crippen molar-refractivity contribution in [3.05, 3.63) is 18.0 Å². The summed E-state index contributed by atoms with van der Waals surface area (Å²) in [7, 11) is 0. The molecule has 1 aromatic heterocycles. The molecule has 2 amide bonds. The summed E-state index contributed by atoms with van der Waals surface area (Å²) in [6.07, 6.45) is 6.44. The average Bonchev–Trinajstić information content (AvgIpc) is 3.32. The normalized spacial score (nSPS) is 25.1. The fraction of sp³-hybridized carbons (Fsp3) is 0.778. The Morgan fingerprint density at radius 3 is 2.88 bits per heavy atom. The molecule has 3 aliphatic rings. The van der Waals surface area contributed by atoms with Gasteiger partial charge in [-0.1, -0.05) is 0 Å². The molecule has 4 heterocycles. The second-order valence-electron chi connectivity index (χ2n) is 7.55. The molecule has 4 rings (SSSR count). The van der Waals surface area contributed by atoms with Crippen LogP contribution in [0.25, 0.3) is 0 Å². The lowest BCUT2D eigenvalue weighted by atomic mass is 9.99. The molecule has 0 unspecified atom stereocenters. The number of likely N-dealkylation sites (tertiary alicyclic amines) is 1. The van der Waals surface area contributed by atoms with E-state index in [0.717, 1.165) is 77.5 Å². The van der Waals surface area contributed by atoms with Crippen molar-refractivity contribution >= 4 is 6.03 Å². The predicted octanol–water partition coefficient (Wildman–Crippen LogP) is 1.47. The lowest BCUT2D eigenvalue weighted by Crippen LogP contribution is -2.47. The van der Waals surface area contributed by atoms with Crippen LogP contribution in [0.15, 0.2) is 12.3 Å². The van der Waals surface area contributed by atoms with Crippen LogP contribution in [0, 0.1) is 5.92 Å². The van der Waals surface area contributed by atoms with Gasteiger partial charge in [0.25, 0.3) is 0 Å². The fourth-order valence-corrected chi connectivity index (χ4v) is 4.29. The van der Waals surface area contributed by atoms with Gasteiger partial charge >= 0.3 is 6.03 Å². The lowest BCUT2D eigenvalue weighted by Gasteiger charge is -2.37. The lowest BCUT2D eigenvalue weighted by molar-refractivity contribution is 0.0448. The molecule has 25 heavy (non-hydrogen) atoms. The molecule has 7 nitrogen and oxygen atoms in total. The molecule has 2 fully saturated rings. The molecule has 1 atom stereocenters. The Balaban J connectivity index is 1.35. The number of carbonyl (C=O) groups excluding carboxylic acids is 1. The Kier molecular flexibility index (Phi) is 5.22. The van der Waals surface area contributed by atoms with Crippen LogP contribution in [0.2, 0.25) is 0 Å². The zero-order chi connectivity index (χ0) is 17.1. The number of urea groups is 1. The Labute approximate surface area is 149 Å². The average molecular weight is 347 g/mol. The van der Waals surface area contributed by atoms with Crippen LogP contribution >= 0.6 is 0 Å². The highest BCUT2D eigenvalue weighted by atomic mass is 16.5. The molecule has 2 saturated heterocycles. The summed E-state index contributed by atoms with van der Waals surface area (Å²) in [6.45, 7) is 7.23. The molecule has 138 valence electrons. The number of carbonyl (C=O) groups is 1. The van der Waals surface area contributed by atoms with Gasteiger partial charge in [0, 0.05) is 58.7 Å². The van der Waals surface area contributed by atoms with Gasteiger partial charge in [-0.3, -0.25) is 9.58 Å². The largest absolute Gasteiger partial charge is 0.381 e. The number of nitrogens with zero attached hydrogens (tertiary/aromatic N) is 4. The van der Waals surface area contributed by atoms with Gasteiger partial charge in [-0.25, -0.2) is 4.79 Å². The summed E-state index contributed by atoms with van der Waals surface area (Å²) in [5.41, 5.74) is 1.25. The van der Waals surface area contributed by atoms with E-state index in [1.54, 1.807) is 0 Å². The van der Waals surface area contributed by atoms with Crippen LogP contribution in [0.3, 0.4) is 0 Å². The topological polar surface area (TPSA) is 62.6 Å². The van der Waals surface area contributed by atoms with E-state index in [2.05, 4.69) is 26.1 Å². The van der Waals surface area contributed by atoms with Gasteiger partial charge < -0.3 is 15.0 Å². The van der Waals surface area contributed by atoms with Crippen LogP contribution in [-0.2, 0) is 11.3 Å². The quantitative estimate of drug-likeness (QED) is 0.896. The minimum absolute atomic E-state index is 0.0766. The van der Waals surface area contributed by atoms with Crippen molar-refractivity contribution < 1.29 is 9.53 Å². The number of aromatic nitrogens is 2. The van der Waals surface area contributed by atoms with Crippen LogP contribution in [-0.4, -0.2) is 71.5 Å². The van der Waals surface area contributed by atoms with E-state index < -0.39 is 0 Å². The predicted molar refractivity (Wildman–Crippen MR) is 94.3 cm³/mol. The van der Waals surface area contributed by atoms with Gasteiger partial charge in [-0.15, -0.1) is 0 Å². The van der Waals surface area contributed by atoms with Crippen molar-refractivity contribution in [1.29, 1.82) is 0 Å². The summed E-state index contributed by atoms with van der Waals surface area (Å²) < 4.78 is 7.58. The first-order valence-corrected chi connectivity index (χ1v) is 9.65. The minimum atomic E-state index is 0.0766. The molecule has 3 aliphatic heterocycles. The molecule has 0 aliphatic carbocycles. The van der Waals surface area contributed by atoms with Crippen LogP contribution < -0.4 is 5.32 Å². The highest BCUT2D eigenvalue weighted by Crippen LogP contribution is 2.23. The molecule has 7 heteroatoms. The third-order valence-corrected chi connectivity index (χ3v) is 5.69. The Morgan fingerprint density at radius 1 is 1.28 bits per heavy atom. The van der Waals surface area contributed by atoms with E-state index in [0.29, 0.717) is 6.54 Å². The minimum Gasteiger partial charge on any atom is -0.381 e. The van der Waals surface area contributed by atoms with E-state index >= 15 is 0 Å². The summed E-state index contributed by atoms with van der Waals surface area (Å²) in [4.78, 5) is 16.7. The van der Waals surface area contributed by atoms with Crippen molar-refractivity contribution in [2.45, 2.75) is 38.3 Å². The third kappa shape index (κ3) is 3.98. The molecule has 0 saturated carbocycles. The Bertz CT molecular complexity index is 578. The summed E-state index contributed by atoms with van der Waals surface area (Å²) in [6, 6.07) is 2.39. The summed E-state index contributed by atoms with van der Waals surface area (Å²) in [5, 5.41) is 7.63. The number of ether oxygens (including phenoxy) is 1. The Morgan fingerprint density at radius 2 is 2.08 bits per heavy atom.